The Kier molecular flexibility index (Phi) is 3.94. The zero-order chi connectivity index (χ0) is 11.4. The first kappa shape index (κ1) is 11.6. The van der Waals surface area contributed by atoms with E-state index in [1.165, 1.54) is 50.0 Å². The molecule has 1 saturated heterocycles. The van der Waals surface area contributed by atoms with E-state index in [4.69, 9.17) is 0 Å². The zero-order valence-corrected chi connectivity index (χ0v) is 10.4. The number of piperidine rings is 1. The standard InChI is InChI=1S/C14H22N2/c1-3-10-16-11-5-4-8-14(16)13-7-6-9-15-12(13)2/h6-7,9,14H,3-5,8,10-11H2,1-2H3/t14-/m1/s1. The van der Waals surface area contributed by atoms with Crippen LogP contribution in [-0.2, 0) is 0 Å². The minimum Gasteiger partial charge on any atom is -0.296 e. The molecule has 88 valence electrons. The Morgan fingerprint density at radius 1 is 1.44 bits per heavy atom. The SMILES string of the molecule is CCCN1CCCC[C@@H]1c1cccnc1C. The van der Waals surface area contributed by atoms with Gasteiger partial charge in [0.15, 0.2) is 0 Å². The summed E-state index contributed by atoms with van der Waals surface area (Å²) in [6.45, 7) is 6.88. The quantitative estimate of drug-likeness (QED) is 0.773. The molecule has 2 nitrogen and oxygen atoms in total. The number of aromatic nitrogens is 1. The van der Waals surface area contributed by atoms with E-state index in [1.54, 1.807) is 0 Å². The normalized spacial score (nSPS) is 22.2. The van der Waals surface area contributed by atoms with Crippen LogP contribution in [0.3, 0.4) is 0 Å². The molecule has 2 rings (SSSR count). The number of likely N-dealkylation sites (tertiary alicyclic amines) is 1. The van der Waals surface area contributed by atoms with E-state index in [1.807, 2.05) is 6.20 Å². The van der Waals surface area contributed by atoms with Crippen LogP contribution in [0.15, 0.2) is 18.3 Å². The molecule has 0 aliphatic carbocycles. The Balaban J connectivity index is 2.19. The third-order valence-electron chi connectivity index (χ3n) is 3.53. The topological polar surface area (TPSA) is 16.1 Å². The number of hydrogen-bond acceptors (Lipinski definition) is 2. The lowest BCUT2D eigenvalue weighted by atomic mass is 9.94. The van der Waals surface area contributed by atoms with Crippen LogP contribution < -0.4 is 0 Å². The average molecular weight is 218 g/mol. The molecule has 2 heteroatoms. The van der Waals surface area contributed by atoms with Crippen molar-refractivity contribution < 1.29 is 0 Å². The van der Waals surface area contributed by atoms with E-state index >= 15 is 0 Å². The molecule has 1 fully saturated rings. The summed E-state index contributed by atoms with van der Waals surface area (Å²) < 4.78 is 0. The van der Waals surface area contributed by atoms with Crippen molar-refractivity contribution in [1.82, 2.24) is 9.88 Å². The van der Waals surface area contributed by atoms with Gasteiger partial charge in [0.05, 0.1) is 0 Å². The number of rotatable bonds is 3. The average Bonchev–Trinajstić information content (AvgIpc) is 2.31. The van der Waals surface area contributed by atoms with Crippen molar-refractivity contribution in [1.29, 1.82) is 0 Å². The summed E-state index contributed by atoms with van der Waals surface area (Å²) in [5, 5.41) is 0. The molecule has 1 aromatic heterocycles. The molecule has 0 N–H and O–H groups in total. The van der Waals surface area contributed by atoms with Crippen LogP contribution in [0.5, 0.6) is 0 Å². The number of pyridine rings is 1. The van der Waals surface area contributed by atoms with E-state index in [-0.39, 0.29) is 0 Å². The molecule has 1 aliphatic rings. The highest BCUT2D eigenvalue weighted by Gasteiger charge is 2.24. The van der Waals surface area contributed by atoms with Gasteiger partial charge in [0.2, 0.25) is 0 Å². The fourth-order valence-corrected chi connectivity index (χ4v) is 2.75. The van der Waals surface area contributed by atoms with Crippen LogP contribution in [0.1, 0.15) is 49.9 Å². The van der Waals surface area contributed by atoms with Gasteiger partial charge in [-0.15, -0.1) is 0 Å². The number of hydrogen-bond donors (Lipinski definition) is 0. The van der Waals surface area contributed by atoms with Crippen LogP contribution in [0.25, 0.3) is 0 Å². The minimum atomic E-state index is 0.613. The van der Waals surface area contributed by atoms with Crippen molar-refractivity contribution in [2.75, 3.05) is 13.1 Å². The van der Waals surface area contributed by atoms with Crippen molar-refractivity contribution in [3.63, 3.8) is 0 Å². The third-order valence-corrected chi connectivity index (χ3v) is 3.53. The van der Waals surface area contributed by atoms with Gasteiger partial charge >= 0.3 is 0 Å². The molecule has 1 atom stereocenters. The summed E-state index contributed by atoms with van der Waals surface area (Å²) >= 11 is 0. The van der Waals surface area contributed by atoms with E-state index in [2.05, 4.69) is 35.9 Å². The van der Waals surface area contributed by atoms with Gasteiger partial charge in [-0.3, -0.25) is 9.88 Å². The molecule has 2 heterocycles. The van der Waals surface area contributed by atoms with Crippen LogP contribution in [-0.4, -0.2) is 23.0 Å². The number of nitrogens with zero attached hydrogens (tertiary/aromatic N) is 2. The van der Waals surface area contributed by atoms with E-state index in [9.17, 15) is 0 Å². The zero-order valence-electron chi connectivity index (χ0n) is 10.4. The Hall–Kier alpha value is -0.890. The fourth-order valence-electron chi connectivity index (χ4n) is 2.75. The second-order valence-corrected chi connectivity index (χ2v) is 4.73. The first-order valence-corrected chi connectivity index (χ1v) is 6.48. The maximum Gasteiger partial charge on any atom is 0.0420 e. The first-order valence-electron chi connectivity index (χ1n) is 6.48. The Bertz CT molecular complexity index is 333. The number of aryl methyl sites for hydroxylation is 1. The van der Waals surface area contributed by atoms with Crippen molar-refractivity contribution in [3.05, 3.63) is 29.6 Å². The van der Waals surface area contributed by atoms with Crippen molar-refractivity contribution in [2.45, 2.75) is 45.6 Å². The predicted octanol–water partition coefficient (Wildman–Crippen LogP) is 3.33. The molecule has 1 aromatic rings. The van der Waals surface area contributed by atoms with E-state index in [0.717, 1.165) is 0 Å². The van der Waals surface area contributed by atoms with Crippen LogP contribution in [0.2, 0.25) is 0 Å². The van der Waals surface area contributed by atoms with Gasteiger partial charge in [0.1, 0.15) is 0 Å². The van der Waals surface area contributed by atoms with E-state index in [0.29, 0.717) is 6.04 Å². The summed E-state index contributed by atoms with van der Waals surface area (Å²) in [6.07, 6.45) is 7.16. The highest BCUT2D eigenvalue weighted by Crippen LogP contribution is 2.31. The summed E-state index contributed by atoms with van der Waals surface area (Å²) in [7, 11) is 0. The lowest BCUT2D eigenvalue weighted by Gasteiger charge is -2.36. The first-order chi connectivity index (χ1) is 7.83. The largest absolute Gasteiger partial charge is 0.296 e. The van der Waals surface area contributed by atoms with Gasteiger partial charge in [-0.2, -0.15) is 0 Å². The van der Waals surface area contributed by atoms with Crippen molar-refractivity contribution >= 4 is 0 Å². The summed E-state index contributed by atoms with van der Waals surface area (Å²) in [6, 6.07) is 4.93. The van der Waals surface area contributed by atoms with Gasteiger partial charge in [-0.25, -0.2) is 0 Å². The van der Waals surface area contributed by atoms with Gasteiger partial charge in [-0.05, 0) is 50.9 Å². The van der Waals surface area contributed by atoms with Gasteiger partial charge in [0, 0.05) is 17.9 Å². The molecule has 0 spiro atoms. The third kappa shape index (κ3) is 2.43. The molecule has 0 unspecified atom stereocenters. The van der Waals surface area contributed by atoms with Crippen molar-refractivity contribution in [2.24, 2.45) is 0 Å². The molecule has 0 aromatic carbocycles. The Morgan fingerprint density at radius 2 is 2.31 bits per heavy atom. The van der Waals surface area contributed by atoms with Gasteiger partial charge in [-0.1, -0.05) is 19.4 Å². The second-order valence-electron chi connectivity index (χ2n) is 4.73. The summed E-state index contributed by atoms with van der Waals surface area (Å²) in [4.78, 5) is 7.05. The van der Waals surface area contributed by atoms with Gasteiger partial charge in [0.25, 0.3) is 0 Å². The summed E-state index contributed by atoms with van der Waals surface area (Å²) in [5.41, 5.74) is 2.64. The smallest absolute Gasteiger partial charge is 0.0420 e. The lowest BCUT2D eigenvalue weighted by molar-refractivity contribution is 0.148. The highest BCUT2D eigenvalue weighted by atomic mass is 15.2. The Morgan fingerprint density at radius 3 is 3.06 bits per heavy atom. The molecular weight excluding hydrogens is 196 g/mol. The summed E-state index contributed by atoms with van der Waals surface area (Å²) in [5.74, 6) is 0. The monoisotopic (exact) mass is 218 g/mol. The van der Waals surface area contributed by atoms with Gasteiger partial charge < -0.3 is 0 Å². The maximum absolute atomic E-state index is 4.42. The second kappa shape index (κ2) is 5.44. The molecule has 0 saturated carbocycles. The molecule has 1 aliphatic heterocycles. The van der Waals surface area contributed by atoms with Crippen LogP contribution in [0, 0.1) is 6.92 Å². The fraction of sp³-hybridized carbons (Fsp3) is 0.643. The molecule has 16 heavy (non-hydrogen) atoms. The van der Waals surface area contributed by atoms with E-state index < -0.39 is 0 Å². The minimum absolute atomic E-state index is 0.613. The Labute approximate surface area is 98.7 Å². The van der Waals surface area contributed by atoms with Crippen LogP contribution in [0.4, 0.5) is 0 Å². The predicted molar refractivity (Wildman–Crippen MR) is 67.4 cm³/mol. The molecular formula is C14H22N2. The molecule has 0 bridgehead atoms. The molecule has 0 amide bonds. The maximum atomic E-state index is 4.42. The highest BCUT2D eigenvalue weighted by molar-refractivity contribution is 5.23. The lowest BCUT2D eigenvalue weighted by Crippen LogP contribution is -2.34. The van der Waals surface area contributed by atoms with Crippen molar-refractivity contribution in [3.8, 4) is 0 Å². The molecule has 0 radical (unpaired) electrons. The van der Waals surface area contributed by atoms with Crippen LogP contribution >= 0.6 is 0 Å².